The number of aromatic amines is 1. The van der Waals surface area contributed by atoms with E-state index in [1.807, 2.05) is 56.3 Å². The van der Waals surface area contributed by atoms with Crippen molar-refractivity contribution in [3.05, 3.63) is 59.4 Å². The van der Waals surface area contributed by atoms with E-state index in [1.165, 1.54) is 0 Å². The van der Waals surface area contributed by atoms with Crippen molar-refractivity contribution in [3.8, 4) is 5.75 Å². The number of fused-ring (bicyclic) bond motifs is 1. The molecule has 27 heavy (non-hydrogen) atoms. The number of rotatable bonds is 7. The molecule has 0 aliphatic rings. The van der Waals surface area contributed by atoms with E-state index in [0.29, 0.717) is 5.92 Å². The average molecular weight is 365 g/mol. The zero-order valence-corrected chi connectivity index (χ0v) is 16.4. The van der Waals surface area contributed by atoms with Gasteiger partial charge in [0, 0.05) is 0 Å². The molecule has 5 heteroatoms. The van der Waals surface area contributed by atoms with Crippen LogP contribution < -0.4 is 10.1 Å². The lowest BCUT2D eigenvalue weighted by Gasteiger charge is -2.19. The Morgan fingerprint density at radius 2 is 1.81 bits per heavy atom. The van der Waals surface area contributed by atoms with Gasteiger partial charge in [-0.3, -0.25) is 4.79 Å². The number of nitrogens with zero attached hydrogens (tertiary/aromatic N) is 1. The van der Waals surface area contributed by atoms with Crippen LogP contribution in [-0.2, 0) is 4.79 Å². The first-order chi connectivity index (χ1) is 12.9. The summed E-state index contributed by atoms with van der Waals surface area (Å²) in [5, 5.41) is 3.08. The Bertz CT molecular complexity index is 877. The van der Waals surface area contributed by atoms with E-state index in [1.54, 1.807) is 0 Å². The Morgan fingerprint density at radius 3 is 2.48 bits per heavy atom. The maximum absolute atomic E-state index is 12.5. The number of H-pyrrole nitrogens is 1. The highest BCUT2D eigenvalue weighted by Gasteiger charge is 2.20. The molecule has 0 aliphatic heterocycles. The standard InChI is InChI=1S/C22H27N3O2/c1-14(2)12-19(22-24-17-10-5-6-11-18(17)25-22)23-20(26)13-27-21-15(3)8-7-9-16(21)4/h5-11,14,19H,12-13H2,1-4H3,(H,23,26)(H,24,25). The van der Waals surface area contributed by atoms with E-state index in [2.05, 4.69) is 29.1 Å². The third-order valence-electron chi connectivity index (χ3n) is 4.54. The van der Waals surface area contributed by atoms with Gasteiger partial charge >= 0.3 is 0 Å². The van der Waals surface area contributed by atoms with E-state index >= 15 is 0 Å². The first-order valence-corrected chi connectivity index (χ1v) is 9.37. The Morgan fingerprint density at radius 1 is 1.11 bits per heavy atom. The predicted octanol–water partition coefficient (Wildman–Crippen LogP) is 4.46. The Balaban J connectivity index is 1.71. The van der Waals surface area contributed by atoms with Gasteiger partial charge in [0.1, 0.15) is 11.6 Å². The van der Waals surface area contributed by atoms with Gasteiger partial charge in [0.15, 0.2) is 6.61 Å². The van der Waals surface area contributed by atoms with Gasteiger partial charge in [0.05, 0.1) is 17.1 Å². The molecule has 3 rings (SSSR count). The average Bonchev–Trinajstić information content (AvgIpc) is 3.04. The Hall–Kier alpha value is -2.82. The van der Waals surface area contributed by atoms with Gasteiger partial charge < -0.3 is 15.0 Å². The third kappa shape index (κ3) is 4.67. The van der Waals surface area contributed by atoms with Crippen LogP contribution in [0.4, 0.5) is 0 Å². The van der Waals surface area contributed by atoms with Crippen molar-refractivity contribution in [2.45, 2.75) is 40.2 Å². The maximum atomic E-state index is 12.5. The summed E-state index contributed by atoms with van der Waals surface area (Å²) < 4.78 is 5.79. The number of amides is 1. The first kappa shape index (κ1) is 19.0. The van der Waals surface area contributed by atoms with Gasteiger partial charge in [-0.15, -0.1) is 0 Å². The Kier molecular flexibility index (Phi) is 5.79. The number of hydrogen-bond acceptors (Lipinski definition) is 3. The lowest BCUT2D eigenvalue weighted by molar-refractivity contribution is -0.124. The summed E-state index contributed by atoms with van der Waals surface area (Å²) in [5.74, 6) is 1.83. The van der Waals surface area contributed by atoms with Crippen molar-refractivity contribution in [3.63, 3.8) is 0 Å². The minimum absolute atomic E-state index is 0.0134. The number of imidazole rings is 1. The molecule has 0 aliphatic carbocycles. The second kappa shape index (κ2) is 8.25. The normalized spacial score (nSPS) is 12.3. The van der Waals surface area contributed by atoms with Crippen LogP contribution in [0.25, 0.3) is 11.0 Å². The zero-order chi connectivity index (χ0) is 19.4. The summed E-state index contributed by atoms with van der Waals surface area (Å²) in [6.07, 6.45) is 0.801. The molecule has 0 spiro atoms. The number of aromatic nitrogens is 2. The van der Waals surface area contributed by atoms with E-state index < -0.39 is 0 Å². The molecule has 0 fully saturated rings. The highest BCUT2D eigenvalue weighted by molar-refractivity contribution is 5.78. The highest BCUT2D eigenvalue weighted by atomic mass is 16.5. The van der Waals surface area contributed by atoms with Crippen molar-refractivity contribution < 1.29 is 9.53 Å². The summed E-state index contributed by atoms with van der Waals surface area (Å²) >= 11 is 0. The molecule has 5 nitrogen and oxygen atoms in total. The number of para-hydroxylation sites is 3. The van der Waals surface area contributed by atoms with Crippen LogP contribution in [0.5, 0.6) is 5.75 Å². The predicted molar refractivity (Wildman–Crippen MR) is 108 cm³/mol. The van der Waals surface area contributed by atoms with Crippen LogP contribution in [-0.4, -0.2) is 22.5 Å². The van der Waals surface area contributed by atoms with Crippen molar-refractivity contribution in [2.75, 3.05) is 6.61 Å². The SMILES string of the molecule is Cc1cccc(C)c1OCC(=O)NC(CC(C)C)c1nc2ccccc2[nH]1. The van der Waals surface area contributed by atoms with Gasteiger partial charge in [-0.05, 0) is 49.4 Å². The van der Waals surface area contributed by atoms with Crippen molar-refractivity contribution in [1.82, 2.24) is 15.3 Å². The summed E-state index contributed by atoms with van der Waals surface area (Å²) in [5.41, 5.74) is 3.93. The van der Waals surface area contributed by atoms with Crippen molar-refractivity contribution in [1.29, 1.82) is 0 Å². The van der Waals surface area contributed by atoms with Crippen LogP contribution >= 0.6 is 0 Å². The summed E-state index contributed by atoms with van der Waals surface area (Å²) in [6.45, 7) is 8.22. The van der Waals surface area contributed by atoms with Crippen molar-refractivity contribution in [2.24, 2.45) is 5.92 Å². The molecule has 1 unspecified atom stereocenters. The van der Waals surface area contributed by atoms with Crippen LogP contribution in [0.3, 0.4) is 0 Å². The molecular weight excluding hydrogens is 338 g/mol. The maximum Gasteiger partial charge on any atom is 0.258 e. The first-order valence-electron chi connectivity index (χ1n) is 9.37. The van der Waals surface area contributed by atoms with Gasteiger partial charge in [-0.2, -0.15) is 0 Å². The van der Waals surface area contributed by atoms with Crippen molar-refractivity contribution >= 4 is 16.9 Å². The number of nitrogens with one attached hydrogen (secondary N) is 2. The molecule has 142 valence electrons. The fourth-order valence-electron chi connectivity index (χ4n) is 3.25. The molecule has 0 radical (unpaired) electrons. The lowest BCUT2D eigenvalue weighted by atomic mass is 10.0. The quantitative estimate of drug-likeness (QED) is 0.649. The van der Waals surface area contributed by atoms with E-state index in [-0.39, 0.29) is 18.6 Å². The minimum atomic E-state index is -0.175. The van der Waals surface area contributed by atoms with Crippen LogP contribution in [0.2, 0.25) is 0 Å². The largest absolute Gasteiger partial charge is 0.483 e. The minimum Gasteiger partial charge on any atom is -0.483 e. The molecule has 3 aromatic rings. The fourth-order valence-corrected chi connectivity index (χ4v) is 3.25. The highest BCUT2D eigenvalue weighted by Crippen LogP contribution is 2.23. The molecule has 1 aromatic heterocycles. The molecule has 1 heterocycles. The number of carbonyl (C=O) groups excluding carboxylic acids is 1. The molecule has 1 amide bonds. The lowest BCUT2D eigenvalue weighted by Crippen LogP contribution is -2.34. The second-order valence-electron chi connectivity index (χ2n) is 7.40. The summed E-state index contributed by atoms with van der Waals surface area (Å²) in [7, 11) is 0. The van der Waals surface area contributed by atoms with E-state index in [9.17, 15) is 4.79 Å². The van der Waals surface area contributed by atoms with Gasteiger partial charge in [0.25, 0.3) is 5.91 Å². The smallest absolute Gasteiger partial charge is 0.258 e. The second-order valence-corrected chi connectivity index (χ2v) is 7.40. The molecular formula is C22H27N3O2. The molecule has 0 bridgehead atoms. The van der Waals surface area contributed by atoms with Gasteiger partial charge in [0.2, 0.25) is 0 Å². The third-order valence-corrected chi connectivity index (χ3v) is 4.54. The molecule has 1 atom stereocenters. The number of aryl methyl sites for hydroxylation is 2. The monoisotopic (exact) mass is 365 g/mol. The number of benzene rings is 2. The molecule has 2 N–H and O–H groups in total. The Labute approximate surface area is 160 Å². The van der Waals surface area contributed by atoms with Crippen LogP contribution in [0, 0.1) is 19.8 Å². The fraction of sp³-hybridized carbons (Fsp3) is 0.364. The summed E-state index contributed by atoms with van der Waals surface area (Å²) in [4.78, 5) is 20.5. The molecule has 0 saturated heterocycles. The number of hydrogen-bond donors (Lipinski definition) is 2. The van der Waals surface area contributed by atoms with Gasteiger partial charge in [-0.25, -0.2) is 4.98 Å². The molecule has 0 saturated carbocycles. The van der Waals surface area contributed by atoms with E-state index in [0.717, 1.165) is 40.2 Å². The molecule has 2 aromatic carbocycles. The van der Waals surface area contributed by atoms with Gasteiger partial charge in [-0.1, -0.05) is 44.2 Å². The number of carbonyl (C=O) groups is 1. The van der Waals surface area contributed by atoms with Crippen LogP contribution in [0.15, 0.2) is 42.5 Å². The number of ether oxygens (including phenoxy) is 1. The summed E-state index contributed by atoms with van der Waals surface area (Å²) in [6, 6.07) is 13.7. The van der Waals surface area contributed by atoms with E-state index in [4.69, 9.17) is 4.74 Å². The zero-order valence-electron chi connectivity index (χ0n) is 16.4. The topological polar surface area (TPSA) is 67.0 Å². The van der Waals surface area contributed by atoms with Crippen LogP contribution in [0.1, 0.15) is 43.3 Å².